The van der Waals surface area contributed by atoms with Crippen molar-refractivity contribution in [1.82, 2.24) is 10.3 Å². The van der Waals surface area contributed by atoms with E-state index in [1.807, 2.05) is 0 Å². The number of rotatable bonds is 6. The second-order valence-electron chi connectivity index (χ2n) is 4.52. The highest BCUT2D eigenvalue weighted by molar-refractivity contribution is 7.09. The van der Waals surface area contributed by atoms with Crippen molar-refractivity contribution in [3.05, 3.63) is 39.2 Å². The van der Waals surface area contributed by atoms with E-state index in [1.54, 1.807) is 18.4 Å². The van der Waals surface area contributed by atoms with Gasteiger partial charge in [0.05, 0.1) is 18.7 Å². The molecule has 0 saturated carbocycles. The molecule has 2 aromatic heterocycles. The average molecular weight is 323 g/mol. The average Bonchev–Trinajstić information content (AvgIpc) is 3.11. The highest BCUT2D eigenvalue weighted by Gasteiger charge is 2.16. The van der Waals surface area contributed by atoms with Crippen LogP contribution in [0.3, 0.4) is 0 Å². The first-order valence-electron chi connectivity index (χ1n) is 6.65. The van der Waals surface area contributed by atoms with Crippen LogP contribution < -0.4 is 11.1 Å². The quantitative estimate of drug-likeness (QED) is 0.775. The van der Waals surface area contributed by atoms with Crippen LogP contribution in [-0.2, 0) is 17.7 Å². The summed E-state index contributed by atoms with van der Waals surface area (Å²) < 4.78 is 10.1. The summed E-state index contributed by atoms with van der Waals surface area (Å²) in [7, 11) is 1.30. The SMILES string of the molecule is COC(=O)c1cc(CNC(=O)c2csc(CCN)n2)oc1C. The van der Waals surface area contributed by atoms with Gasteiger partial charge in [-0.25, -0.2) is 9.78 Å². The van der Waals surface area contributed by atoms with Gasteiger partial charge in [0.1, 0.15) is 22.8 Å². The molecule has 0 aliphatic rings. The van der Waals surface area contributed by atoms with Crippen LogP contribution in [0.15, 0.2) is 15.9 Å². The molecule has 1 amide bonds. The van der Waals surface area contributed by atoms with Gasteiger partial charge in [-0.3, -0.25) is 4.79 Å². The van der Waals surface area contributed by atoms with Gasteiger partial charge in [-0.2, -0.15) is 0 Å². The molecule has 0 bridgehead atoms. The lowest BCUT2D eigenvalue weighted by Gasteiger charge is -2.00. The maximum Gasteiger partial charge on any atom is 0.341 e. The van der Waals surface area contributed by atoms with E-state index in [2.05, 4.69) is 15.0 Å². The van der Waals surface area contributed by atoms with Crippen LogP contribution in [0.25, 0.3) is 0 Å². The van der Waals surface area contributed by atoms with Crippen molar-refractivity contribution < 1.29 is 18.7 Å². The maximum atomic E-state index is 12.0. The fourth-order valence-corrected chi connectivity index (χ4v) is 2.65. The minimum absolute atomic E-state index is 0.167. The molecule has 0 aromatic carbocycles. The van der Waals surface area contributed by atoms with Crippen molar-refractivity contribution in [2.24, 2.45) is 5.73 Å². The number of amides is 1. The Morgan fingerprint density at radius 2 is 2.27 bits per heavy atom. The number of ether oxygens (including phenoxy) is 1. The van der Waals surface area contributed by atoms with Gasteiger partial charge in [-0.1, -0.05) is 0 Å². The molecular formula is C14H17N3O4S. The highest BCUT2D eigenvalue weighted by atomic mass is 32.1. The zero-order chi connectivity index (χ0) is 16.1. The Morgan fingerprint density at radius 3 is 2.95 bits per heavy atom. The number of hydrogen-bond donors (Lipinski definition) is 2. The van der Waals surface area contributed by atoms with Crippen molar-refractivity contribution in [2.45, 2.75) is 19.9 Å². The minimum Gasteiger partial charge on any atom is -0.465 e. The predicted molar refractivity (Wildman–Crippen MR) is 80.8 cm³/mol. The molecule has 0 aliphatic carbocycles. The van der Waals surface area contributed by atoms with E-state index in [-0.39, 0.29) is 12.5 Å². The smallest absolute Gasteiger partial charge is 0.341 e. The molecule has 7 nitrogen and oxygen atoms in total. The molecule has 0 radical (unpaired) electrons. The number of carbonyl (C=O) groups excluding carboxylic acids is 2. The number of hydrogen-bond acceptors (Lipinski definition) is 7. The van der Waals surface area contributed by atoms with Crippen LogP contribution >= 0.6 is 11.3 Å². The summed E-state index contributed by atoms with van der Waals surface area (Å²) in [4.78, 5) is 27.7. The van der Waals surface area contributed by atoms with Gasteiger partial charge in [0.2, 0.25) is 0 Å². The number of aryl methyl sites for hydroxylation is 1. The molecule has 118 valence electrons. The number of nitrogens with zero attached hydrogens (tertiary/aromatic N) is 1. The van der Waals surface area contributed by atoms with Crippen LogP contribution in [0.2, 0.25) is 0 Å². The lowest BCUT2D eigenvalue weighted by Crippen LogP contribution is -2.23. The highest BCUT2D eigenvalue weighted by Crippen LogP contribution is 2.16. The summed E-state index contributed by atoms with van der Waals surface area (Å²) in [5, 5.41) is 5.21. The Balaban J connectivity index is 1.97. The van der Waals surface area contributed by atoms with Crippen LogP contribution in [0.1, 0.15) is 37.4 Å². The molecule has 0 spiro atoms. The third-order valence-corrected chi connectivity index (χ3v) is 3.85. The summed E-state index contributed by atoms with van der Waals surface area (Å²) in [6, 6.07) is 1.56. The standard InChI is InChI=1S/C14H17N3O4S/c1-8-10(14(19)20-2)5-9(21-8)6-16-13(18)11-7-22-12(17-11)3-4-15/h5,7H,3-4,6,15H2,1-2H3,(H,16,18). The Morgan fingerprint density at radius 1 is 1.50 bits per heavy atom. The Kier molecular flexibility index (Phi) is 5.29. The third-order valence-electron chi connectivity index (χ3n) is 2.94. The molecule has 2 aromatic rings. The summed E-state index contributed by atoms with van der Waals surface area (Å²) in [5.74, 6) is 0.164. The zero-order valence-corrected chi connectivity index (χ0v) is 13.2. The predicted octanol–water partition coefficient (Wildman–Crippen LogP) is 1.26. The number of carbonyl (C=O) groups is 2. The molecule has 2 rings (SSSR count). The molecule has 2 heterocycles. The molecule has 0 fully saturated rings. The molecule has 0 aliphatic heterocycles. The van der Waals surface area contributed by atoms with Gasteiger partial charge in [-0.15, -0.1) is 11.3 Å². The van der Waals surface area contributed by atoms with Crippen molar-refractivity contribution in [3.8, 4) is 0 Å². The number of furan rings is 1. The van der Waals surface area contributed by atoms with E-state index in [9.17, 15) is 9.59 Å². The second-order valence-corrected chi connectivity index (χ2v) is 5.46. The fraction of sp³-hybridized carbons (Fsp3) is 0.357. The lowest BCUT2D eigenvalue weighted by atomic mass is 10.2. The Labute approximate surface area is 131 Å². The van der Waals surface area contributed by atoms with E-state index in [0.717, 1.165) is 5.01 Å². The summed E-state index contributed by atoms with van der Waals surface area (Å²) >= 11 is 1.40. The Hall–Kier alpha value is -2.19. The molecule has 0 atom stereocenters. The van der Waals surface area contributed by atoms with E-state index in [0.29, 0.717) is 35.7 Å². The molecular weight excluding hydrogens is 306 g/mol. The summed E-state index contributed by atoms with van der Waals surface area (Å²) in [6.07, 6.45) is 0.651. The molecule has 0 saturated heterocycles. The van der Waals surface area contributed by atoms with Gasteiger partial charge < -0.3 is 20.2 Å². The number of thiazole rings is 1. The fourth-order valence-electron chi connectivity index (χ4n) is 1.85. The van der Waals surface area contributed by atoms with Crippen LogP contribution in [0.5, 0.6) is 0 Å². The first kappa shape index (κ1) is 16.2. The summed E-state index contributed by atoms with van der Waals surface area (Å²) in [6.45, 7) is 2.33. The second kappa shape index (κ2) is 7.19. The maximum absolute atomic E-state index is 12.0. The van der Waals surface area contributed by atoms with E-state index in [4.69, 9.17) is 10.2 Å². The van der Waals surface area contributed by atoms with Crippen molar-refractivity contribution in [3.63, 3.8) is 0 Å². The van der Waals surface area contributed by atoms with Crippen molar-refractivity contribution in [2.75, 3.05) is 13.7 Å². The third kappa shape index (κ3) is 3.71. The molecule has 8 heteroatoms. The number of nitrogens with two attached hydrogens (primary N) is 1. The largest absolute Gasteiger partial charge is 0.465 e. The van der Waals surface area contributed by atoms with Gasteiger partial charge in [0, 0.05) is 11.8 Å². The normalized spacial score (nSPS) is 10.5. The molecule has 0 unspecified atom stereocenters. The van der Waals surface area contributed by atoms with Gasteiger partial charge >= 0.3 is 5.97 Å². The van der Waals surface area contributed by atoms with Crippen LogP contribution in [0.4, 0.5) is 0 Å². The molecule has 3 N–H and O–H groups in total. The Bertz CT molecular complexity index is 677. The van der Waals surface area contributed by atoms with Gasteiger partial charge in [0.15, 0.2) is 0 Å². The lowest BCUT2D eigenvalue weighted by molar-refractivity contribution is 0.0598. The van der Waals surface area contributed by atoms with E-state index < -0.39 is 5.97 Å². The van der Waals surface area contributed by atoms with Crippen LogP contribution in [-0.4, -0.2) is 30.5 Å². The number of aromatic nitrogens is 1. The van der Waals surface area contributed by atoms with Crippen molar-refractivity contribution in [1.29, 1.82) is 0 Å². The van der Waals surface area contributed by atoms with Gasteiger partial charge in [-0.05, 0) is 19.5 Å². The van der Waals surface area contributed by atoms with E-state index in [1.165, 1.54) is 18.4 Å². The first-order valence-corrected chi connectivity index (χ1v) is 7.53. The minimum atomic E-state index is -0.468. The summed E-state index contributed by atoms with van der Waals surface area (Å²) in [5.41, 5.74) is 6.15. The van der Waals surface area contributed by atoms with Crippen LogP contribution in [0, 0.1) is 6.92 Å². The monoisotopic (exact) mass is 323 g/mol. The first-order chi connectivity index (χ1) is 10.5. The topological polar surface area (TPSA) is 107 Å². The van der Waals surface area contributed by atoms with Crippen molar-refractivity contribution >= 4 is 23.2 Å². The number of nitrogens with one attached hydrogen (secondary N) is 1. The van der Waals surface area contributed by atoms with Gasteiger partial charge in [0.25, 0.3) is 5.91 Å². The number of methoxy groups -OCH3 is 1. The molecule has 22 heavy (non-hydrogen) atoms. The van der Waals surface area contributed by atoms with E-state index >= 15 is 0 Å². The zero-order valence-electron chi connectivity index (χ0n) is 12.3. The number of esters is 1.